The van der Waals surface area contributed by atoms with E-state index >= 15 is 0 Å². The zero-order chi connectivity index (χ0) is 12.8. The number of hydrogen-bond donors (Lipinski definition) is 0. The Morgan fingerprint density at radius 1 is 1.06 bits per heavy atom. The van der Waals surface area contributed by atoms with Crippen molar-refractivity contribution in [3.8, 4) is 6.07 Å². The summed E-state index contributed by atoms with van der Waals surface area (Å²) in [5.41, 5.74) is 3.10. The minimum atomic E-state index is 0.719. The van der Waals surface area contributed by atoms with E-state index in [0.717, 1.165) is 18.7 Å². The molecule has 0 aliphatic carbocycles. The Kier molecular flexibility index (Phi) is 3.98. The van der Waals surface area contributed by atoms with Crippen molar-refractivity contribution in [3.63, 3.8) is 0 Å². The molecule has 0 amide bonds. The highest BCUT2D eigenvalue weighted by atomic mass is 15.1. The van der Waals surface area contributed by atoms with Gasteiger partial charge in [0.25, 0.3) is 0 Å². The van der Waals surface area contributed by atoms with E-state index in [0.29, 0.717) is 0 Å². The summed E-state index contributed by atoms with van der Waals surface area (Å²) in [5.74, 6) is 0. The van der Waals surface area contributed by atoms with Crippen molar-refractivity contribution in [2.24, 2.45) is 0 Å². The second-order valence-electron chi connectivity index (χ2n) is 4.16. The van der Waals surface area contributed by atoms with Gasteiger partial charge in [-0.15, -0.1) is 0 Å². The van der Waals surface area contributed by atoms with Crippen molar-refractivity contribution in [2.45, 2.75) is 13.5 Å². The smallest absolute Gasteiger partial charge is 0.0991 e. The molecule has 2 aromatic rings. The first kappa shape index (κ1) is 12.2. The fourth-order valence-corrected chi connectivity index (χ4v) is 1.98. The molecule has 0 radical (unpaired) electrons. The van der Waals surface area contributed by atoms with E-state index in [1.807, 2.05) is 36.4 Å². The highest BCUT2D eigenvalue weighted by Gasteiger charge is 2.04. The average molecular weight is 236 g/mol. The zero-order valence-electron chi connectivity index (χ0n) is 10.5. The summed E-state index contributed by atoms with van der Waals surface area (Å²) in [6.07, 6.45) is 0. The summed E-state index contributed by atoms with van der Waals surface area (Å²) in [5, 5.41) is 8.91. The van der Waals surface area contributed by atoms with Crippen molar-refractivity contribution >= 4 is 5.69 Å². The molecule has 0 fully saturated rings. The summed E-state index contributed by atoms with van der Waals surface area (Å²) < 4.78 is 0. The number of benzene rings is 2. The average Bonchev–Trinajstić information content (AvgIpc) is 2.46. The van der Waals surface area contributed by atoms with E-state index in [9.17, 15) is 0 Å². The minimum absolute atomic E-state index is 0.719. The van der Waals surface area contributed by atoms with Crippen molar-refractivity contribution in [3.05, 3.63) is 65.7 Å². The van der Waals surface area contributed by atoms with E-state index < -0.39 is 0 Å². The molecule has 0 unspecified atom stereocenters. The minimum Gasteiger partial charge on any atom is -0.367 e. The van der Waals surface area contributed by atoms with Gasteiger partial charge >= 0.3 is 0 Å². The number of anilines is 1. The fourth-order valence-electron chi connectivity index (χ4n) is 1.98. The molecule has 0 N–H and O–H groups in total. The Balaban J connectivity index is 2.18. The van der Waals surface area contributed by atoms with Gasteiger partial charge < -0.3 is 4.90 Å². The second-order valence-corrected chi connectivity index (χ2v) is 4.16. The first-order valence-electron chi connectivity index (χ1n) is 6.12. The lowest BCUT2D eigenvalue weighted by Gasteiger charge is -2.23. The summed E-state index contributed by atoms with van der Waals surface area (Å²) >= 11 is 0. The Labute approximate surface area is 108 Å². The van der Waals surface area contributed by atoms with Gasteiger partial charge in [-0.05, 0) is 36.8 Å². The van der Waals surface area contributed by atoms with E-state index in [2.05, 4.69) is 36.1 Å². The van der Waals surface area contributed by atoms with Gasteiger partial charge in [0.1, 0.15) is 0 Å². The van der Waals surface area contributed by atoms with Crippen molar-refractivity contribution in [1.82, 2.24) is 0 Å². The topological polar surface area (TPSA) is 27.0 Å². The van der Waals surface area contributed by atoms with Crippen molar-refractivity contribution < 1.29 is 0 Å². The van der Waals surface area contributed by atoms with Crippen LogP contribution in [-0.2, 0) is 6.54 Å². The van der Waals surface area contributed by atoms with E-state index in [1.165, 1.54) is 11.3 Å². The fraction of sp³-hybridized carbons (Fsp3) is 0.188. The molecule has 0 atom stereocenters. The van der Waals surface area contributed by atoms with Crippen LogP contribution >= 0.6 is 0 Å². The SMILES string of the molecule is CCN(Cc1cccc(C#N)c1)c1ccccc1. The second kappa shape index (κ2) is 5.88. The maximum absolute atomic E-state index is 8.91. The van der Waals surface area contributed by atoms with Gasteiger partial charge in [-0.1, -0.05) is 30.3 Å². The van der Waals surface area contributed by atoms with Crippen LogP contribution in [0.5, 0.6) is 0 Å². The molecule has 0 saturated carbocycles. The predicted octanol–water partition coefficient (Wildman–Crippen LogP) is 3.58. The Morgan fingerprint density at radius 2 is 1.83 bits per heavy atom. The van der Waals surface area contributed by atoms with E-state index in [-0.39, 0.29) is 0 Å². The van der Waals surface area contributed by atoms with E-state index in [1.54, 1.807) is 0 Å². The molecule has 0 aliphatic heterocycles. The van der Waals surface area contributed by atoms with Crippen LogP contribution in [0.3, 0.4) is 0 Å². The van der Waals surface area contributed by atoms with Crippen LogP contribution in [0.4, 0.5) is 5.69 Å². The van der Waals surface area contributed by atoms with Gasteiger partial charge in [0.05, 0.1) is 11.6 Å². The van der Waals surface area contributed by atoms with Crippen LogP contribution in [-0.4, -0.2) is 6.54 Å². The van der Waals surface area contributed by atoms with Crippen LogP contribution in [0, 0.1) is 11.3 Å². The molecule has 0 saturated heterocycles. The lowest BCUT2D eigenvalue weighted by Crippen LogP contribution is -2.21. The lowest BCUT2D eigenvalue weighted by atomic mass is 10.1. The van der Waals surface area contributed by atoms with Gasteiger partial charge in [0.15, 0.2) is 0 Å². The number of rotatable bonds is 4. The molecule has 90 valence electrons. The monoisotopic (exact) mass is 236 g/mol. The maximum atomic E-state index is 8.91. The molecular weight excluding hydrogens is 220 g/mol. The van der Waals surface area contributed by atoms with E-state index in [4.69, 9.17) is 5.26 Å². The first-order chi connectivity index (χ1) is 8.83. The third-order valence-corrected chi connectivity index (χ3v) is 2.93. The molecule has 18 heavy (non-hydrogen) atoms. The Hall–Kier alpha value is -2.27. The first-order valence-corrected chi connectivity index (χ1v) is 6.12. The Morgan fingerprint density at radius 3 is 2.50 bits per heavy atom. The van der Waals surface area contributed by atoms with Crippen LogP contribution < -0.4 is 4.90 Å². The third kappa shape index (κ3) is 2.89. The number of hydrogen-bond acceptors (Lipinski definition) is 2. The normalized spacial score (nSPS) is 9.78. The predicted molar refractivity (Wildman–Crippen MR) is 74.3 cm³/mol. The number of nitrogens with zero attached hydrogens (tertiary/aromatic N) is 2. The molecule has 0 bridgehead atoms. The van der Waals surface area contributed by atoms with Crippen LogP contribution in [0.2, 0.25) is 0 Å². The van der Waals surface area contributed by atoms with Gasteiger partial charge in [0.2, 0.25) is 0 Å². The molecule has 0 aromatic heterocycles. The molecule has 2 nitrogen and oxygen atoms in total. The summed E-state index contributed by atoms with van der Waals surface area (Å²) in [4.78, 5) is 2.29. The van der Waals surface area contributed by atoms with Crippen LogP contribution in [0.15, 0.2) is 54.6 Å². The largest absolute Gasteiger partial charge is 0.367 e. The molecule has 2 heteroatoms. The highest BCUT2D eigenvalue weighted by Crippen LogP contribution is 2.16. The quantitative estimate of drug-likeness (QED) is 0.811. The molecule has 2 aromatic carbocycles. The van der Waals surface area contributed by atoms with Gasteiger partial charge in [-0.2, -0.15) is 5.26 Å². The third-order valence-electron chi connectivity index (χ3n) is 2.93. The summed E-state index contributed by atoms with van der Waals surface area (Å²) in [6, 6.07) is 20.3. The van der Waals surface area contributed by atoms with Crippen molar-refractivity contribution in [1.29, 1.82) is 5.26 Å². The summed E-state index contributed by atoms with van der Waals surface area (Å²) in [7, 11) is 0. The summed E-state index contributed by atoms with van der Waals surface area (Å²) in [6.45, 7) is 3.91. The molecule has 0 heterocycles. The van der Waals surface area contributed by atoms with Gasteiger partial charge in [-0.3, -0.25) is 0 Å². The number of para-hydroxylation sites is 1. The van der Waals surface area contributed by atoms with Crippen LogP contribution in [0.25, 0.3) is 0 Å². The molecule has 0 spiro atoms. The zero-order valence-corrected chi connectivity index (χ0v) is 10.5. The molecule has 2 rings (SSSR count). The Bertz CT molecular complexity index is 541. The van der Waals surface area contributed by atoms with Crippen molar-refractivity contribution in [2.75, 3.05) is 11.4 Å². The molecular formula is C16H16N2. The van der Waals surface area contributed by atoms with Gasteiger partial charge in [0, 0.05) is 18.8 Å². The van der Waals surface area contributed by atoms with Gasteiger partial charge in [-0.25, -0.2) is 0 Å². The van der Waals surface area contributed by atoms with Crippen LogP contribution in [0.1, 0.15) is 18.1 Å². The molecule has 0 aliphatic rings. The number of nitriles is 1. The standard InChI is InChI=1S/C16H16N2/c1-2-18(16-9-4-3-5-10-16)13-15-8-6-7-14(11-15)12-17/h3-11H,2,13H2,1H3. The lowest BCUT2D eigenvalue weighted by molar-refractivity contribution is 0.832. The highest BCUT2D eigenvalue weighted by molar-refractivity contribution is 5.47. The maximum Gasteiger partial charge on any atom is 0.0991 e.